The maximum Gasteiger partial charge on any atom is 0.315 e. The summed E-state index contributed by atoms with van der Waals surface area (Å²) in [4.78, 5) is 21.3. The Bertz CT molecular complexity index is 848. The monoisotopic (exact) mass is 434 g/mol. The number of benzene rings is 1. The molecule has 2 N–H and O–H groups in total. The summed E-state index contributed by atoms with van der Waals surface area (Å²) in [6.07, 6.45) is 7.79. The van der Waals surface area contributed by atoms with E-state index in [1.54, 1.807) is 12.4 Å². The van der Waals surface area contributed by atoms with Gasteiger partial charge in [-0.3, -0.25) is 9.82 Å². The van der Waals surface area contributed by atoms with Gasteiger partial charge in [0.15, 0.2) is 0 Å². The zero-order valence-corrected chi connectivity index (χ0v) is 18.1. The molecule has 0 saturated carbocycles. The molecule has 164 valence electrons. The lowest BCUT2D eigenvalue weighted by atomic mass is 10.2. The number of rotatable bonds is 13. The van der Waals surface area contributed by atoms with Crippen LogP contribution in [0.25, 0.3) is 0 Å². The fourth-order valence-corrected chi connectivity index (χ4v) is 3.42. The standard InChI is InChI=1S/C21H30N4O4S/c1-30(27,28)25(29-18-19-10-5-4-6-11-19)15-8-3-2-7-14-23-21(26)24-17-20-12-9-13-22-16-20/h4-6,9-13,16H,2-3,7-8,14-15,17-18H2,1H3,(H2,23,24,26). The number of aromatic nitrogens is 1. The Kier molecular flexibility index (Phi) is 10.3. The number of carbonyl (C=O) groups is 1. The summed E-state index contributed by atoms with van der Waals surface area (Å²) in [5.74, 6) is 0. The number of pyridine rings is 1. The number of nitrogens with one attached hydrogen (secondary N) is 2. The van der Waals surface area contributed by atoms with Crippen molar-refractivity contribution >= 4 is 16.1 Å². The first-order valence-corrected chi connectivity index (χ1v) is 11.8. The van der Waals surface area contributed by atoms with E-state index in [0.717, 1.165) is 41.1 Å². The molecule has 0 unspecified atom stereocenters. The van der Waals surface area contributed by atoms with Gasteiger partial charge in [0.1, 0.15) is 0 Å². The van der Waals surface area contributed by atoms with Gasteiger partial charge >= 0.3 is 6.03 Å². The normalized spacial score (nSPS) is 11.4. The summed E-state index contributed by atoms with van der Waals surface area (Å²) in [5.41, 5.74) is 1.86. The largest absolute Gasteiger partial charge is 0.338 e. The molecule has 0 aliphatic heterocycles. The van der Waals surface area contributed by atoms with Crippen molar-refractivity contribution in [2.45, 2.75) is 38.8 Å². The lowest BCUT2D eigenvalue weighted by molar-refractivity contribution is -0.0962. The highest BCUT2D eigenvalue weighted by atomic mass is 32.2. The molecule has 0 atom stereocenters. The maximum atomic E-state index is 11.9. The van der Waals surface area contributed by atoms with Crippen LogP contribution < -0.4 is 10.6 Å². The predicted molar refractivity (Wildman–Crippen MR) is 116 cm³/mol. The van der Waals surface area contributed by atoms with Crippen molar-refractivity contribution in [3.8, 4) is 0 Å². The van der Waals surface area contributed by atoms with E-state index in [1.807, 2.05) is 42.5 Å². The summed E-state index contributed by atoms with van der Waals surface area (Å²) in [5, 5.41) is 5.59. The highest BCUT2D eigenvalue weighted by molar-refractivity contribution is 7.88. The first-order chi connectivity index (χ1) is 14.4. The molecule has 0 aliphatic rings. The van der Waals surface area contributed by atoms with Crippen molar-refractivity contribution in [3.05, 3.63) is 66.0 Å². The molecule has 9 heteroatoms. The van der Waals surface area contributed by atoms with E-state index in [1.165, 1.54) is 0 Å². The van der Waals surface area contributed by atoms with Crippen molar-refractivity contribution in [2.24, 2.45) is 0 Å². The van der Waals surface area contributed by atoms with Crippen molar-refractivity contribution in [1.82, 2.24) is 20.1 Å². The van der Waals surface area contributed by atoms with E-state index in [4.69, 9.17) is 4.84 Å². The second-order valence-electron chi connectivity index (χ2n) is 6.93. The van der Waals surface area contributed by atoms with E-state index in [-0.39, 0.29) is 12.6 Å². The van der Waals surface area contributed by atoms with Gasteiger partial charge in [0.2, 0.25) is 10.0 Å². The Morgan fingerprint density at radius 2 is 1.73 bits per heavy atom. The molecule has 2 aromatic rings. The molecule has 30 heavy (non-hydrogen) atoms. The summed E-state index contributed by atoms with van der Waals surface area (Å²) >= 11 is 0. The second-order valence-corrected chi connectivity index (χ2v) is 8.81. The lowest BCUT2D eigenvalue weighted by Crippen LogP contribution is -2.35. The minimum atomic E-state index is -3.43. The Balaban J connectivity index is 1.55. The van der Waals surface area contributed by atoms with Crippen molar-refractivity contribution < 1.29 is 18.0 Å². The van der Waals surface area contributed by atoms with Crippen LogP contribution in [-0.2, 0) is 28.0 Å². The number of carbonyl (C=O) groups excluding carboxylic acids is 1. The van der Waals surface area contributed by atoms with Crippen LogP contribution >= 0.6 is 0 Å². The van der Waals surface area contributed by atoms with Gasteiger partial charge in [0, 0.05) is 32.0 Å². The minimum absolute atomic E-state index is 0.212. The first kappa shape index (κ1) is 23.8. The topological polar surface area (TPSA) is 101 Å². The predicted octanol–water partition coefficient (Wildman–Crippen LogP) is 2.83. The lowest BCUT2D eigenvalue weighted by Gasteiger charge is -2.19. The van der Waals surface area contributed by atoms with Crippen molar-refractivity contribution in [2.75, 3.05) is 19.3 Å². The molecule has 2 amide bonds. The molecule has 1 heterocycles. The average molecular weight is 435 g/mol. The first-order valence-electron chi connectivity index (χ1n) is 10.0. The Labute approximate surface area is 178 Å². The van der Waals surface area contributed by atoms with Crippen LogP contribution in [0.4, 0.5) is 4.79 Å². The van der Waals surface area contributed by atoms with E-state index >= 15 is 0 Å². The molecule has 0 aliphatic carbocycles. The zero-order chi connectivity index (χ0) is 21.7. The molecule has 0 radical (unpaired) electrons. The third-order valence-corrected chi connectivity index (χ3v) is 5.34. The number of unbranched alkanes of at least 4 members (excludes halogenated alkanes) is 3. The molecule has 0 spiro atoms. The zero-order valence-electron chi connectivity index (χ0n) is 17.3. The molecule has 0 fully saturated rings. The van der Waals surface area contributed by atoms with Gasteiger partial charge in [-0.05, 0) is 30.0 Å². The van der Waals surface area contributed by atoms with E-state index < -0.39 is 10.0 Å². The molecule has 0 bridgehead atoms. The van der Waals surface area contributed by atoms with Crippen LogP contribution in [0.1, 0.15) is 36.8 Å². The fraction of sp³-hybridized carbons (Fsp3) is 0.429. The Morgan fingerprint density at radius 1 is 1.00 bits per heavy atom. The van der Waals surface area contributed by atoms with Gasteiger partial charge < -0.3 is 10.6 Å². The molecule has 0 saturated heterocycles. The molecular formula is C21H30N4O4S. The number of hydrogen-bond acceptors (Lipinski definition) is 5. The van der Waals surface area contributed by atoms with Crippen LogP contribution in [0.15, 0.2) is 54.9 Å². The van der Waals surface area contributed by atoms with E-state index in [2.05, 4.69) is 15.6 Å². The molecule has 1 aromatic heterocycles. The van der Waals surface area contributed by atoms with Gasteiger partial charge in [-0.1, -0.05) is 53.7 Å². The highest BCUT2D eigenvalue weighted by Crippen LogP contribution is 2.09. The van der Waals surface area contributed by atoms with Gasteiger partial charge in [-0.25, -0.2) is 13.2 Å². The number of nitrogens with zero attached hydrogens (tertiary/aromatic N) is 2. The number of sulfonamides is 1. The van der Waals surface area contributed by atoms with E-state index in [0.29, 0.717) is 26.1 Å². The third-order valence-electron chi connectivity index (χ3n) is 4.32. The van der Waals surface area contributed by atoms with Gasteiger partial charge in [-0.15, -0.1) is 0 Å². The average Bonchev–Trinajstić information content (AvgIpc) is 2.74. The highest BCUT2D eigenvalue weighted by Gasteiger charge is 2.17. The Morgan fingerprint density at radius 3 is 2.43 bits per heavy atom. The van der Waals surface area contributed by atoms with Crippen LogP contribution in [0.2, 0.25) is 0 Å². The SMILES string of the molecule is CS(=O)(=O)N(CCCCCCNC(=O)NCc1cccnc1)OCc1ccccc1. The Hall–Kier alpha value is -2.49. The van der Waals surface area contributed by atoms with Crippen molar-refractivity contribution in [1.29, 1.82) is 0 Å². The smallest absolute Gasteiger partial charge is 0.315 e. The van der Waals surface area contributed by atoms with Crippen molar-refractivity contribution in [3.63, 3.8) is 0 Å². The van der Waals surface area contributed by atoms with Crippen LogP contribution in [0.5, 0.6) is 0 Å². The quantitative estimate of drug-likeness (QED) is 0.373. The maximum absolute atomic E-state index is 11.9. The number of hydrogen-bond donors (Lipinski definition) is 2. The van der Waals surface area contributed by atoms with Crippen LogP contribution in [0, 0.1) is 0 Å². The van der Waals surface area contributed by atoms with Gasteiger partial charge in [-0.2, -0.15) is 0 Å². The second kappa shape index (κ2) is 12.9. The molecule has 2 rings (SSSR count). The fourth-order valence-electron chi connectivity index (χ4n) is 2.72. The number of urea groups is 1. The molecular weight excluding hydrogens is 404 g/mol. The summed E-state index contributed by atoms with van der Waals surface area (Å²) in [6, 6.07) is 13.0. The number of amides is 2. The number of hydroxylamine groups is 1. The van der Waals surface area contributed by atoms with Gasteiger partial charge in [0.25, 0.3) is 0 Å². The van der Waals surface area contributed by atoms with E-state index in [9.17, 15) is 13.2 Å². The minimum Gasteiger partial charge on any atom is -0.338 e. The van der Waals surface area contributed by atoms with Crippen LogP contribution in [-0.4, -0.2) is 43.2 Å². The summed E-state index contributed by atoms with van der Waals surface area (Å²) in [7, 11) is -3.43. The van der Waals surface area contributed by atoms with Crippen LogP contribution in [0.3, 0.4) is 0 Å². The summed E-state index contributed by atoms with van der Waals surface area (Å²) in [6.45, 7) is 1.53. The third kappa shape index (κ3) is 9.82. The molecule has 1 aromatic carbocycles. The summed E-state index contributed by atoms with van der Waals surface area (Å²) < 4.78 is 24.9. The van der Waals surface area contributed by atoms with Gasteiger partial charge in [0.05, 0.1) is 12.9 Å². The molecule has 8 nitrogen and oxygen atoms in total.